The molecular weight excluding hydrogens is 270 g/mol. The molecular formula is C12H14ClN3O3. The van der Waals surface area contributed by atoms with Gasteiger partial charge < -0.3 is 4.90 Å². The molecule has 0 aromatic carbocycles. The highest BCUT2D eigenvalue weighted by atomic mass is 35.5. The number of pyridine rings is 1. The van der Waals surface area contributed by atoms with Crippen LogP contribution in [0, 0.1) is 16.0 Å². The van der Waals surface area contributed by atoms with Crippen molar-refractivity contribution in [3.05, 3.63) is 33.1 Å². The van der Waals surface area contributed by atoms with Crippen molar-refractivity contribution in [2.24, 2.45) is 5.92 Å². The van der Waals surface area contributed by atoms with Crippen LogP contribution in [0.3, 0.4) is 0 Å². The van der Waals surface area contributed by atoms with Gasteiger partial charge in [0.05, 0.1) is 4.92 Å². The minimum atomic E-state index is -0.660. The summed E-state index contributed by atoms with van der Waals surface area (Å²) in [6.07, 6.45) is 2.21. The van der Waals surface area contributed by atoms with Gasteiger partial charge in [-0.2, -0.15) is 0 Å². The molecule has 1 amide bonds. The maximum atomic E-state index is 12.4. The Balaban J connectivity index is 2.40. The second-order valence-electron chi connectivity index (χ2n) is 4.90. The van der Waals surface area contributed by atoms with E-state index in [2.05, 4.69) is 11.9 Å². The van der Waals surface area contributed by atoms with E-state index in [0.717, 1.165) is 6.42 Å². The zero-order valence-corrected chi connectivity index (χ0v) is 11.4. The summed E-state index contributed by atoms with van der Waals surface area (Å²) in [6, 6.07) is 1.43. The van der Waals surface area contributed by atoms with Crippen LogP contribution >= 0.6 is 11.6 Å². The van der Waals surface area contributed by atoms with Crippen LogP contribution in [-0.4, -0.2) is 33.3 Å². The van der Waals surface area contributed by atoms with Crippen LogP contribution in [0.1, 0.15) is 30.6 Å². The first-order valence-corrected chi connectivity index (χ1v) is 6.39. The van der Waals surface area contributed by atoms with Gasteiger partial charge in [-0.25, -0.2) is 4.98 Å². The molecule has 0 aliphatic carbocycles. The number of carbonyl (C=O) groups is 1. The van der Waals surface area contributed by atoms with E-state index in [9.17, 15) is 14.9 Å². The highest BCUT2D eigenvalue weighted by Crippen LogP contribution is 2.30. The number of aromatic nitrogens is 1. The van der Waals surface area contributed by atoms with E-state index in [1.54, 1.807) is 4.90 Å². The van der Waals surface area contributed by atoms with E-state index < -0.39 is 10.6 Å². The van der Waals surface area contributed by atoms with Gasteiger partial charge in [0, 0.05) is 18.8 Å². The average molecular weight is 284 g/mol. The van der Waals surface area contributed by atoms with Crippen molar-refractivity contribution in [3.8, 4) is 0 Å². The summed E-state index contributed by atoms with van der Waals surface area (Å²) in [5, 5.41) is 10.8. The zero-order valence-electron chi connectivity index (χ0n) is 10.7. The van der Waals surface area contributed by atoms with Crippen LogP contribution in [0.15, 0.2) is 12.3 Å². The molecule has 1 saturated heterocycles. The largest absolute Gasteiger partial charge is 0.335 e. The quantitative estimate of drug-likeness (QED) is 0.475. The first-order chi connectivity index (χ1) is 8.91. The van der Waals surface area contributed by atoms with Gasteiger partial charge in [0.15, 0.2) is 0 Å². The van der Waals surface area contributed by atoms with E-state index in [1.807, 2.05) is 6.92 Å². The average Bonchev–Trinajstić information content (AvgIpc) is 2.66. The van der Waals surface area contributed by atoms with Crippen LogP contribution in [-0.2, 0) is 0 Å². The highest BCUT2D eigenvalue weighted by molar-refractivity contribution is 6.32. The molecule has 1 aromatic heterocycles. The summed E-state index contributed by atoms with van der Waals surface area (Å²) in [5.74, 6) is 0.0446. The number of nitro groups is 1. The normalized spacial score (nSPS) is 22.6. The molecule has 0 N–H and O–H groups in total. The van der Waals surface area contributed by atoms with Crippen molar-refractivity contribution in [2.75, 3.05) is 6.54 Å². The smallest absolute Gasteiger partial charge is 0.319 e. The van der Waals surface area contributed by atoms with Crippen LogP contribution < -0.4 is 0 Å². The molecule has 2 heterocycles. The number of hydrogen-bond acceptors (Lipinski definition) is 4. The molecule has 1 aliphatic heterocycles. The Morgan fingerprint density at radius 3 is 2.79 bits per heavy atom. The second kappa shape index (κ2) is 5.13. The van der Waals surface area contributed by atoms with Crippen molar-refractivity contribution in [1.29, 1.82) is 0 Å². The third-order valence-electron chi connectivity index (χ3n) is 3.34. The summed E-state index contributed by atoms with van der Waals surface area (Å²) in [5.41, 5.74) is -0.410. The van der Waals surface area contributed by atoms with Gasteiger partial charge >= 0.3 is 5.69 Å². The van der Waals surface area contributed by atoms with Gasteiger partial charge in [-0.1, -0.05) is 18.5 Å². The number of carbonyl (C=O) groups excluding carboxylic acids is 1. The monoisotopic (exact) mass is 283 g/mol. The summed E-state index contributed by atoms with van der Waals surface area (Å²) < 4.78 is 0. The van der Waals surface area contributed by atoms with Gasteiger partial charge in [0.25, 0.3) is 5.91 Å². The maximum Gasteiger partial charge on any atom is 0.319 e. The van der Waals surface area contributed by atoms with Crippen molar-refractivity contribution in [1.82, 2.24) is 9.88 Å². The van der Waals surface area contributed by atoms with E-state index >= 15 is 0 Å². The lowest BCUT2D eigenvalue weighted by Gasteiger charge is -2.21. The Morgan fingerprint density at radius 2 is 2.26 bits per heavy atom. The molecule has 1 fully saturated rings. The SMILES string of the molecule is CC1CC(C)N(C(=O)c2ccnc(Cl)c2[N+](=O)[O-])C1. The number of amides is 1. The number of halogens is 1. The minimum Gasteiger partial charge on any atom is -0.335 e. The molecule has 1 aliphatic rings. The molecule has 0 radical (unpaired) electrons. The number of likely N-dealkylation sites (tertiary alicyclic amines) is 1. The van der Waals surface area contributed by atoms with E-state index in [-0.39, 0.29) is 22.7 Å². The fourth-order valence-corrected chi connectivity index (χ4v) is 2.74. The molecule has 6 nitrogen and oxygen atoms in total. The van der Waals surface area contributed by atoms with Crippen LogP contribution in [0.4, 0.5) is 5.69 Å². The summed E-state index contributed by atoms with van der Waals surface area (Å²) >= 11 is 5.72. The van der Waals surface area contributed by atoms with Gasteiger partial charge in [0.2, 0.25) is 5.15 Å². The van der Waals surface area contributed by atoms with Crippen molar-refractivity contribution < 1.29 is 9.72 Å². The van der Waals surface area contributed by atoms with Crippen molar-refractivity contribution in [3.63, 3.8) is 0 Å². The first-order valence-electron chi connectivity index (χ1n) is 6.01. The summed E-state index contributed by atoms with van der Waals surface area (Å²) in [7, 11) is 0. The predicted octanol–water partition coefficient (Wildman–Crippen LogP) is 2.51. The van der Waals surface area contributed by atoms with Gasteiger partial charge in [-0.15, -0.1) is 0 Å². The third kappa shape index (κ3) is 2.53. The van der Waals surface area contributed by atoms with Crippen molar-refractivity contribution in [2.45, 2.75) is 26.3 Å². The van der Waals surface area contributed by atoms with Gasteiger partial charge in [-0.05, 0) is 25.3 Å². The summed E-state index contributed by atoms with van der Waals surface area (Å²) in [6.45, 7) is 4.60. The molecule has 0 saturated carbocycles. The summed E-state index contributed by atoms with van der Waals surface area (Å²) in [4.78, 5) is 28.1. The molecule has 1 aromatic rings. The van der Waals surface area contributed by atoms with Crippen LogP contribution in [0.5, 0.6) is 0 Å². The van der Waals surface area contributed by atoms with Gasteiger partial charge in [0.1, 0.15) is 5.56 Å². The lowest BCUT2D eigenvalue weighted by Crippen LogP contribution is -2.34. The predicted molar refractivity (Wildman–Crippen MR) is 70.2 cm³/mol. The lowest BCUT2D eigenvalue weighted by molar-refractivity contribution is -0.385. The molecule has 102 valence electrons. The molecule has 0 spiro atoms. The van der Waals surface area contributed by atoms with E-state index in [4.69, 9.17) is 11.6 Å². The fraction of sp³-hybridized carbons (Fsp3) is 0.500. The Bertz CT molecular complexity index is 535. The van der Waals surface area contributed by atoms with E-state index in [1.165, 1.54) is 12.3 Å². The Morgan fingerprint density at radius 1 is 1.58 bits per heavy atom. The first kappa shape index (κ1) is 13.7. The molecule has 7 heteroatoms. The van der Waals surface area contributed by atoms with Crippen LogP contribution in [0.25, 0.3) is 0 Å². The molecule has 0 bridgehead atoms. The Hall–Kier alpha value is -1.69. The minimum absolute atomic E-state index is 0.00551. The Kier molecular flexibility index (Phi) is 3.71. The molecule has 2 unspecified atom stereocenters. The molecule has 2 rings (SSSR count). The second-order valence-corrected chi connectivity index (χ2v) is 5.26. The molecule has 2 atom stereocenters. The van der Waals surface area contributed by atoms with Crippen LogP contribution in [0.2, 0.25) is 5.15 Å². The number of hydrogen-bond donors (Lipinski definition) is 0. The highest BCUT2D eigenvalue weighted by Gasteiger charge is 2.34. The topological polar surface area (TPSA) is 76.3 Å². The maximum absolute atomic E-state index is 12.4. The number of nitrogens with zero attached hydrogens (tertiary/aromatic N) is 3. The van der Waals surface area contributed by atoms with E-state index in [0.29, 0.717) is 12.5 Å². The van der Waals surface area contributed by atoms with Gasteiger partial charge in [-0.3, -0.25) is 14.9 Å². The van der Waals surface area contributed by atoms with Crippen molar-refractivity contribution >= 4 is 23.2 Å². The fourth-order valence-electron chi connectivity index (χ4n) is 2.51. The zero-order chi connectivity index (χ0) is 14.2. The Labute approximate surface area is 115 Å². The lowest BCUT2D eigenvalue weighted by atomic mass is 10.1. The standard InChI is InChI=1S/C12H14ClN3O3/c1-7-5-8(2)15(6-7)12(17)9-3-4-14-11(13)10(9)16(18)19/h3-4,7-8H,5-6H2,1-2H3. The number of rotatable bonds is 2. The molecule has 19 heavy (non-hydrogen) atoms. The third-order valence-corrected chi connectivity index (χ3v) is 3.61.